The van der Waals surface area contributed by atoms with Crippen molar-refractivity contribution in [3.05, 3.63) is 45.3 Å². The summed E-state index contributed by atoms with van der Waals surface area (Å²) in [5, 5.41) is 17.5. The van der Waals surface area contributed by atoms with Gasteiger partial charge in [-0.2, -0.15) is 5.26 Å². The number of nitrogens with zero attached hydrogens (tertiary/aromatic N) is 3. The number of rotatable bonds is 3. The van der Waals surface area contributed by atoms with Crippen molar-refractivity contribution in [1.82, 2.24) is 4.90 Å². The van der Waals surface area contributed by atoms with E-state index in [-0.39, 0.29) is 17.8 Å². The first kappa shape index (κ1) is 18.4. The van der Waals surface area contributed by atoms with Crippen LogP contribution >= 0.6 is 15.9 Å². The zero-order chi connectivity index (χ0) is 20.0. The second-order valence-electron chi connectivity index (χ2n) is 6.61. The molecule has 1 aliphatic carbocycles. The normalized spacial score (nSPS) is 23.2. The van der Waals surface area contributed by atoms with E-state index in [2.05, 4.69) is 27.1 Å². The second kappa shape index (κ2) is 6.87. The van der Waals surface area contributed by atoms with Crippen molar-refractivity contribution in [2.45, 2.75) is 24.8 Å². The van der Waals surface area contributed by atoms with Gasteiger partial charge in [0, 0.05) is 12.3 Å². The quantitative estimate of drug-likeness (QED) is 0.693. The van der Waals surface area contributed by atoms with Gasteiger partial charge in [-0.25, -0.2) is 9.89 Å². The fourth-order valence-corrected chi connectivity index (χ4v) is 4.53. The Balaban J connectivity index is 1.87. The molecule has 3 aliphatic rings. The fraction of sp³-hybridized carbons (Fsp3) is 0.316. The van der Waals surface area contributed by atoms with Crippen molar-refractivity contribution >= 4 is 27.8 Å². The van der Waals surface area contributed by atoms with Crippen molar-refractivity contribution in [2.24, 2.45) is 10.7 Å². The minimum atomic E-state index is -0.409. The zero-order valence-electron chi connectivity index (χ0n) is 15.3. The molecule has 2 heterocycles. The first-order valence-electron chi connectivity index (χ1n) is 8.61. The molecule has 0 saturated carbocycles. The van der Waals surface area contributed by atoms with E-state index in [0.717, 1.165) is 15.6 Å². The van der Waals surface area contributed by atoms with Crippen LogP contribution in [0.2, 0.25) is 0 Å². The highest BCUT2D eigenvalue weighted by Crippen LogP contribution is 2.48. The molecule has 28 heavy (non-hydrogen) atoms. The van der Waals surface area contributed by atoms with Crippen LogP contribution in [0.15, 0.2) is 44.7 Å². The molecule has 0 amide bonds. The lowest BCUT2D eigenvalue weighted by Crippen LogP contribution is -2.42. The van der Waals surface area contributed by atoms with Crippen molar-refractivity contribution in [3.8, 4) is 17.7 Å². The topological polar surface area (TPSA) is 117 Å². The molecule has 0 aromatic heterocycles. The van der Waals surface area contributed by atoms with Crippen LogP contribution in [0.1, 0.15) is 24.3 Å². The molecule has 2 aliphatic heterocycles. The number of aliphatic imine (C=N–C) groups is 1. The number of allylic oxidation sites excluding steroid dienone is 1. The van der Waals surface area contributed by atoms with Crippen LogP contribution in [0, 0.1) is 16.9 Å². The maximum absolute atomic E-state index is 9.67. The fourth-order valence-electron chi connectivity index (χ4n) is 3.91. The predicted octanol–water partition coefficient (Wildman–Crippen LogP) is 2.97. The van der Waals surface area contributed by atoms with Gasteiger partial charge >= 0.3 is 0 Å². The van der Waals surface area contributed by atoms with Gasteiger partial charge in [0.25, 0.3) is 0 Å². The molecule has 0 bridgehead atoms. The maximum Gasteiger partial charge on any atom is 0.210 e. The number of methoxy groups -OCH3 is 2. The highest BCUT2D eigenvalue weighted by Gasteiger charge is 2.46. The molecule has 4 rings (SSSR count). The first-order chi connectivity index (χ1) is 13.5. The largest absolute Gasteiger partial charge is 0.493 e. The van der Waals surface area contributed by atoms with Gasteiger partial charge in [-0.3, -0.25) is 5.41 Å². The number of guanidine groups is 1. The Morgan fingerprint density at radius 1 is 1.39 bits per heavy atom. The van der Waals surface area contributed by atoms with Gasteiger partial charge in [0.2, 0.25) is 5.96 Å². The van der Waals surface area contributed by atoms with Crippen LogP contribution in [0.4, 0.5) is 0 Å². The van der Waals surface area contributed by atoms with Gasteiger partial charge in [-0.15, -0.1) is 0 Å². The minimum absolute atomic E-state index is 0.110. The molecule has 9 heteroatoms. The molecule has 1 aromatic rings. The lowest BCUT2D eigenvalue weighted by atomic mass is 9.78. The molecular formula is C19H18BrN5O3. The van der Waals surface area contributed by atoms with E-state index in [0.29, 0.717) is 35.8 Å². The van der Waals surface area contributed by atoms with E-state index in [9.17, 15) is 5.26 Å². The SMILES string of the molecule is COc1cc(C2CC3=CCC(=N)OC3=C3N=C(N)N(C#N)C32)cc(Br)c1OC. The van der Waals surface area contributed by atoms with Crippen molar-refractivity contribution in [1.29, 1.82) is 10.7 Å². The van der Waals surface area contributed by atoms with Crippen LogP contribution in [0.25, 0.3) is 0 Å². The molecule has 2 atom stereocenters. The third-order valence-electron chi connectivity index (χ3n) is 5.14. The highest BCUT2D eigenvalue weighted by atomic mass is 79.9. The average Bonchev–Trinajstić information content (AvgIpc) is 3.03. The molecule has 0 spiro atoms. The van der Waals surface area contributed by atoms with Gasteiger partial charge < -0.3 is 19.9 Å². The predicted molar refractivity (Wildman–Crippen MR) is 106 cm³/mol. The lowest BCUT2D eigenvalue weighted by molar-refractivity contribution is 0.327. The maximum atomic E-state index is 9.67. The standard InChI is InChI=1S/C19H18BrN5O3/c1-26-13-7-10(6-12(20)18(13)27-2)11-5-9-3-4-14(22)28-17(9)15-16(11)25(8-21)19(23)24-15/h3,6-7,11,16,22H,4-5H2,1-2H3,(H2,23,24). The number of fused-ring (bicyclic) bond motifs is 2. The number of benzene rings is 1. The van der Waals surface area contributed by atoms with Crippen LogP contribution in [0.3, 0.4) is 0 Å². The third-order valence-corrected chi connectivity index (χ3v) is 5.73. The van der Waals surface area contributed by atoms with Crippen LogP contribution in [-0.4, -0.2) is 37.0 Å². The summed E-state index contributed by atoms with van der Waals surface area (Å²) in [4.78, 5) is 5.80. The van der Waals surface area contributed by atoms with Gasteiger partial charge in [0.1, 0.15) is 11.7 Å². The Kier molecular flexibility index (Phi) is 4.51. The minimum Gasteiger partial charge on any atom is -0.493 e. The van der Waals surface area contributed by atoms with Crippen molar-refractivity contribution in [2.75, 3.05) is 14.2 Å². The van der Waals surface area contributed by atoms with E-state index in [1.165, 1.54) is 4.90 Å². The molecule has 144 valence electrons. The van der Waals surface area contributed by atoms with E-state index < -0.39 is 6.04 Å². The number of hydrogen-bond acceptors (Lipinski definition) is 8. The summed E-state index contributed by atoms with van der Waals surface area (Å²) in [6.45, 7) is 0. The van der Waals surface area contributed by atoms with E-state index in [1.807, 2.05) is 18.2 Å². The van der Waals surface area contributed by atoms with Crippen LogP contribution < -0.4 is 15.2 Å². The lowest BCUT2D eigenvalue weighted by Gasteiger charge is -2.36. The second-order valence-corrected chi connectivity index (χ2v) is 7.46. The first-order valence-corrected chi connectivity index (χ1v) is 9.41. The monoisotopic (exact) mass is 443 g/mol. The van der Waals surface area contributed by atoms with Gasteiger partial charge in [0.05, 0.1) is 18.7 Å². The summed E-state index contributed by atoms with van der Waals surface area (Å²) in [6.07, 6.45) is 5.17. The summed E-state index contributed by atoms with van der Waals surface area (Å²) in [5.41, 5.74) is 8.52. The van der Waals surface area contributed by atoms with E-state index in [1.54, 1.807) is 14.2 Å². The number of nitriles is 1. The number of nitrogens with one attached hydrogen (secondary N) is 1. The summed E-state index contributed by atoms with van der Waals surface area (Å²) in [6, 6.07) is 3.46. The van der Waals surface area contributed by atoms with E-state index >= 15 is 0 Å². The molecule has 3 N–H and O–H groups in total. The molecule has 0 saturated heterocycles. The Labute approximate surface area is 170 Å². The van der Waals surface area contributed by atoms with Crippen LogP contribution in [0.5, 0.6) is 11.5 Å². The number of halogens is 1. The van der Waals surface area contributed by atoms with Crippen molar-refractivity contribution in [3.63, 3.8) is 0 Å². The molecular weight excluding hydrogens is 426 g/mol. The molecule has 1 aromatic carbocycles. The number of hydrogen-bond donors (Lipinski definition) is 2. The highest BCUT2D eigenvalue weighted by molar-refractivity contribution is 9.10. The molecule has 0 radical (unpaired) electrons. The van der Waals surface area contributed by atoms with Gasteiger partial charge in [0.15, 0.2) is 29.3 Å². The zero-order valence-corrected chi connectivity index (χ0v) is 16.9. The molecule has 8 nitrogen and oxygen atoms in total. The van der Waals surface area contributed by atoms with Crippen LogP contribution in [-0.2, 0) is 4.74 Å². The van der Waals surface area contributed by atoms with Crippen molar-refractivity contribution < 1.29 is 14.2 Å². The molecule has 2 unspecified atom stereocenters. The average molecular weight is 444 g/mol. The summed E-state index contributed by atoms with van der Waals surface area (Å²) in [5.74, 6) is 1.91. The van der Waals surface area contributed by atoms with Gasteiger partial charge in [-0.05, 0) is 45.6 Å². The Hall–Kier alpha value is -2.99. The smallest absolute Gasteiger partial charge is 0.210 e. The third kappa shape index (κ3) is 2.72. The molecule has 0 fully saturated rings. The van der Waals surface area contributed by atoms with E-state index in [4.69, 9.17) is 25.4 Å². The van der Waals surface area contributed by atoms with Gasteiger partial charge in [-0.1, -0.05) is 6.08 Å². The Morgan fingerprint density at radius 2 is 2.18 bits per heavy atom. The Morgan fingerprint density at radius 3 is 2.86 bits per heavy atom. The number of ether oxygens (including phenoxy) is 3. The summed E-state index contributed by atoms with van der Waals surface area (Å²) in [7, 11) is 3.16. The Bertz CT molecular complexity index is 1010. The summed E-state index contributed by atoms with van der Waals surface area (Å²) >= 11 is 3.54. The number of nitrogens with two attached hydrogens (primary N) is 1. The summed E-state index contributed by atoms with van der Waals surface area (Å²) < 4.78 is 17.3.